The van der Waals surface area contributed by atoms with Crippen molar-refractivity contribution in [2.24, 2.45) is 0 Å². The minimum Gasteiger partial charge on any atom is -0.346 e. The highest BCUT2D eigenvalue weighted by Crippen LogP contribution is 2.30. The molecule has 2 N–H and O–H groups in total. The Kier molecular flexibility index (Phi) is 4.24. The fourth-order valence-corrected chi connectivity index (χ4v) is 3.46. The Balaban J connectivity index is 1.55. The Morgan fingerprint density at radius 3 is 2.75 bits per heavy atom. The second kappa shape index (κ2) is 8.31. The molecule has 2 aromatic carbocycles. The van der Waals surface area contributed by atoms with Crippen LogP contribution in [-0.2, 0) is 33.4 Å². The van der Waals surface area contributed by atoms with Crippen LogP contribution in [-0.4, -0.2) is 34.5 Å². The fourth-order valence-electron chi connectivity index (χ4n) is 3.33. The highest BCUT2D eigenvalue weighted by molar-refractivity contribution is 6.30. The number of alkyl halides is 2. The number of fused-ring (bicyclic) bond motifs is 1. The first-order valence-electron chi connectivity index (χ1n) is 11.9. The largest absolute Gasteiger partial charge is 0.349 e. The van der Waals surface area contributed by atoms with Crippen molar-refractivity contribution in [1.82, 2.24) is 15.5 Å². The summed E-state index contributed by atoms with van der Waals surface area (Å²) in [5, 5.41) is 0.0649. The van der Waals surface area contributed by atoms with Crippen molar-refractivity contribution in [3.8, 4) is 0 Å². The molecule has 2 heterocycles. The summed E-state index contributed by atoms with van der Waals surface area (Å²) in [6, 6.07) is 5.49. The third-order valence-electron chi connectivity index (χ3n) is 4.96. The van der Waals surface area contributed by atoms with Crippen molar-refractivity contribution in [3.05, 3.63) is 69.7 Å². The lowest BCUT2D eigenvalue weighted by Gasteiger charge is -2.29. The van der Waals surface area contributed by atoms with Gasteiger partial charge in [-0.05, 0) is 35.7 Å². The Morgan fingerprint density at radius 1 is 1.31 bits per heavy atom. The van der Waals surface area contributed by atoms with Crippen LogP contribution >= 0.6 is 11.6 Å². The highest BCUT2D eigenvalue weighted by atomic mass is 35.5. The highest BCUT2D eigenvalue weighted by Gasteiger charge is 2.41. The summed E-state index contributed by atoms with van der Waals surface area (Å²) in [6.45, 7) is -0.993. The smallest absolute Gasteiger partial charge is 0.346 e. The lowest BCUT2D eigenvalue weighted by atomic mass is 10.0. The van der Waals surface area contributed by atoms with Crippen molar-refractivity contribution in [1.29, 1.82) is 0 Å². The van der Waals surface area contributed by atoms with Gasteiger partial charge in [0.05, 0.1) is 1.37 Å². The van der Waals surface area contributed by atoms with Gasteiger partial charge in [-0.1, -0.05) is 35.9 Å². The first-order valence-corrected chi connectivity index (χ1v) is 9.69. The summed E-state index contributed by atoms with van der Waals surface area (Å²) < 4.78 is 69.1. The molecule has 1 saturated heterocycles. The Morgan fingerprint density at radius 2 is 2.03 bits per heavy atom. The van der Waals surface area contributed by atoms with E-state index >= 15 is 0 Å². The number of benzene rings is 2. The van der Waals surface area contributed by atoms with Crippen LogP contribution < -0.4 is 10.6 Å². The molecule has 0 saturated carbocycles. The van der Waals surface area contributed by atoms with Crippen molar-refractivity contribution in [2.45, 2.75) is 37.8 Å². The normalized spacial score (nSPS) is 27.8. The number of hydrogen-bond acceptors (Lipinski definition) is 4. The van der Waals surface area contributed by atoms with Crippen LogP contribution in [0.15, 0.2) is 42.5 Å². The van der Waals surface area contributed by atoms with Gasteiger partial charge in [0.1, 0.15) is 6.02 Å². The van der Waals surface area contributed by atoms with E-state index in [1.54, 1.807) is 0 Å². The van der Waals surface area contributed by atoms with E-state index < -0.39 is 67.0 Å². The maximum absolute atomic E-state index is 14.6. The zero-order valence-corrected chi connectivity index (χ0v) is 17.0. The lowest BCUT2D eigenvalue weighted by molar-refractivity contribution is -0.147. The van der Waals surface area contributed by atoms with Crippen LogP contribution in [0.25, 0.3) is 0 Å². The van der Waals surface area contributed by atoms with Gasteiger partial charge in [-0.25, -0.2) is 0 Å². The summed E-state index contributed by atoms with van der Waals surface area (Å²) in [4.78, 5) is 50.4. The third kappa shape index (κ3) is 4.08. The average Bonchev–Trinajstić information content (AvgIpc) is 3.20. The van der Waals surface area contributed by atoms with Crippen molar-refractivity contribution >= 4 is 35.2 Å². The van der Waals surface area contributed by atoms with Gasteiger partial charge in [-0.3, -0.25) is 24.5 Å². The SMILES string of the molecule is [2H]C1C(=O)N([2H])C(=O)C([2H])(N2Cc3cc(CN([2H])C(=O)C(F)(F)c4ccc(Cl)cc4)ccc3C2=O)C1[2H]. The van der Waals surface area contributed by atoms with Gasteiger partial charge >= 0.3 is 5.92 Å². The maximum atomic E-state index is 14.6. The van der Waals surface area contributed by atoms with E-state index in [9.17, 15) is 28.0 Å². The number of nitrogens with one attached hydrogen (secondary N) is 2. The van der Waals surface area contributed by atoms with Crippen molar-refractivity contribution in [2.75, 3.05) is 0 Å². The first-order chi connectivity index (χ1) is 17.2. The zero-order valence-electron chi connectivity index (χ0n) is 21.2. The number of piperidine rings is 1. The van der Waals surface area contributed by atoms with Crippen LogP contribution in [0.1, 0.15) is 44.0 Å². The van der Waals surface area contributed by atoms with Gasteiger partial charge in [-0.15, -0.1) is 0 Å². The molecule has 2 aliphatic heterocycles. The van der Waals surface area contributed by atoms with Crippen LogP contribution in [0, 0.1) is 0 Å². The summed E-state index contributed by atoms with van der Waals surface area (Å²) in [5.74, 6) is -9.40. The zero-order chi connectivity index (χ0) is 27.4. The summed E-state index contributed by atoms with van der Waals surface area (Å²) >= 11 is 5.69. The van der Waals surface area contributed by atoms with Crippen LogP contribution in [0.3, 0.4) is 0 Å². The Labute approximate surface area is 193 Å². The van der Waals surface area contributed by atoms with Gasteiger partial charge in [0, 0.05) is 38.4 Å². The van der Waals surface area contributed by atoms with E-state index in [4.69, 9.17) is 18.5 Å². The molecular formula is C22H18ClF2N3O4. The minimum absolute atomic E-state index is 0.0136. The molecule has 2 aromatic rings. The topological polar surface area (TPSA) is 95.6 Å². The van der Waals surface area contributed by atoms with E-state index in [1.165, 1.54) is 30.3 Å². The summed E-state index contributed by atoms with van der Waals surface area (Å²) in [7, 11) is 0. The predicted octanol–water partition coefficient (Wildman–Crippen LogP) is 2.51. The lowest BCUT2D eigenvalue weighted by Crippen LogP contribution is -2.52. The second-order valence-corrected chi connectivity index (χ2v) is 7.50. The number of carbonyl (C=O) groups is 4. The molecule has 7 nitrogen and oxygen atoms in total. The average molecular weight is 467 g/mol. The summed E-state index contributed by atoms with van der Waals surface area (Å²) in [5.41, 5.74) is -0.225. The van der Waals surface area contributed by atoms with E-state index in [0.29, 0.717) is 4.90 Å². The number of nitrogens with zero attached hydrogens (tertiary/aromatic N) is 1. The van der Waals surface area contributed by atoms with Crippen LogP contribution in [0.2, 0.25) is 7.85 Å². The number of carbonyl (C=O) groups excluding carboxylic acids is 4. The molecule has 166 valence electrons. The van der Waals surface area contributed by atoms with Gasteiger partial charge in [0.2, 0.25) is 11.8 Å². The number of imide groups is 1. The molecular weight excluding hydrogens is 444 g/mol. The first kappa shape index (κ1) is 16.3. The van der Waals surface area contributed by atoms with E-state index in [1.807, 2.05) is 0 Å². The van der Waals surface area contributed by atoms with Crippen LogP contribution in [0.4, 0.5) is 8.78 Å². The third-order valence-corrected chi connectivity index (χ3v) is 5.21. The van der Waals surface area contributed by atoms with Crippen LogP contribution in [0.5, 0.6) is 0 Å². The molecule has 0 aromatic heterocycles. The van der Waals surface area contributed by atoms with Gasteiger partial charge in [-0.2, -0.15) is 8.78 Å². The van der Waals surface area contributed by atoms with Crippen molar-refractivity contribution in [3.63, 3.8) is 0 Å². The quantitative estimate of drug-likeness (QED) is 0.662. The fraction of sp³-hybridized carbons (Fsp3) is 0.273. The maximum Gasteiger partial charge on any atom is 0.349 e. The number of hydrogen-bond donors (Lipinski definition) is 2. The number of halogens is 3. The molecule has 4 amide bonds. The van der Waals surface area contributed by atoms with Gasteiger partial charge in [0.15, 0.2) is 2.82 Å². The molecule has 1 fully saturated rings. The number of rotatable bonds is 5. The Hall–Kier alpha value is -3.33. The minimum atomic E-state index is -4.01. The molecule has 0 spiro atoms. The molecule has 3 atom stereocenters. The molecule has 0 aliphatic carbocycles. The number of amides is 4. The van der Waals surface area contributed by atoms with Gasteiger partial charge < -0.3 is 10.2 Å². The molecule has 4 rings (SSSR count). The molecule has 2 aliphatic rings. The Bertz CT molecular complexity index is 1320. The van der Waals surface area contributed by atoms with Crippen molar-refractivity contribution < 1.29 is 34.9 Å². The molecule has 0 radical (unpaired) electrons. The molecule has 10 heteroatoms. The molecule has 3 unspecified atom stereocenters. The monoisotopic (exact) mass is 466 g/mol. The standard InChI is InChI=1S/C22H18ClF2N3O4/c23-15-4-2-14(3-5-15)22(24,25)21(32)26-10-12-1-6-16-13(9-12)11-28(20(16)31)17-7-8-18(29)27-19(17)30/h1-6,9,17H,7-8,10-11H2,(H,26,32)(H,27,29,30)/i7D,8D,17D/hD2. The van der Waals surface area contributed by atoms with Gasteiger partial charge in [0.25, 0.3) is 11.8 Å². The van der Waals surface area contributed by atoms with E-state index in [2.05, 4.69) is 0 Å². The second-order valence-electron chi connectivity index (χ2n) is 7.06. The molecule has 0 bridgehead atoms. The summed E-state index contributed by atoms with van der Waals surface area (Å²) in [6.07, 6.45) is -3.92. The molecule has 32 heavy (non-hydrogen) atoms. The van der Waals surface area contributed by atoms with E-state index in [0.717, 1.165) is 12.1 Å². The van der Waals surface area contributed by atoms with E-state index in [-0.39, 0.29) is 32.3 Å². The predicted molar refractivity (Wildman–Crippen MR) is 110 cm³/mol.